The third-order valence-electron chi connectivity index (χ3n) is 9.52. The van der Waals surface area contributed by atoms with Crippen molar-refractivity contribution in [3.05, 3.63) is 41.7 Å². The molecule has 9 heteroatoms. The number of sulfonamides is 1. The second kappa shape index (κ2) is 13.8. The number of fused-ring (bicyclic) bond motifs is 1. The molecule has 1 aliphatic heterocycles. The van der Waals surface area contributed by atoms with Gasteiger partial charge in [0.05, 0.1) is 4.90 Å². The highest BCUT2D eigenvalue weighted by Gasteiger charge is 2.51. The number of piperazine rings is 1. The first kappa shape index (κ1) is 31.0. The molecule has 1 aromatic carbocycles. The normalized spacial score (nSPS) is 22.9. The highest BCUT2D eigenvalue weighted by atomic mass is 32.2. The summed E-state index contributed by atoms with van der Waals surface area (Å²) < 4.78 is 40.7. The summed E-state index contributed by atoms with van der Waals surface area (Å²) in [5, 5.41) is 3.18. The molecule has 0 radical (unpaired) electrons. The smallest absolute Gasteiger partial charge is 0.317 e. The Bertz CT molecular complexity index is 1110. The zero-order chi connectivity index (χ0) is 28.8. The van der Waals surface area contributed by atoms with Crippen LogP contribution in [0.2, 0.25) is 0 Å². The number of carbonyl (C=O) groups excluding carboxylic acids is 1. The molecule has 2 amide bonds. The van der Waals surface area contributed by atoms with Crippen molar-refractivity contribution in [1.29, 1.82) is 0 Å². The van der Waals surface area contributed by atoms with Crippen LogP contribution < -0.4 is 5.32 Å². The average Bonchev–Trinajstić information content (AvgIpc) is 2.95. The van der Waals surface area contributed by atoms with Gasteiger partial charge in [-0.25, -0.2) is 17.6 Å². The van der Waals surface area contributed by atoms with Gasteiger partial charge in [0.25, 0.3) is 0 Å². The number of hydrogen-bond donors (Lipinski definition) is 1. The lowest BCUT2D eigenvalue weighted by atomic mass is 9.49. The van der Waals surface area contributed by atoms with Crippen LogP contribution in [-0.4, -0.2) is 80.9 Å². The molecule has 4 aliphatic rings. The molecule has 5 rings (SSSR count). The van der Waals surface area contributed by atoms with Crippen LogP contribution in [0, 0.1) is 23.1 Å². The van der Waals surface area contributed by atoms with Gasteiger partial charge in [-0.3, -0.25) is 4.90 Å². The van der Waals surface area contributed by atoms with Crippen LogP contribution >= 0.6 is 0 Å². The number of unbranched alkanes of at least 4 members (excludes halogenated alkanes) is 5. The standard InChI is InChI=1S/C31H49FN4O3S/c1-4-5-6-7-8-9-16-33-30(37)35(24-25-10-11-26-23-29(25)31(26,2)3)20-17-34-18-21-36(22-19-34)40(38,39)28-14-12-27(32)13-15-28/h10,12-15,26,29H,4-9,11,16-24H2,1-3H3,(H,33,37). The van der Waals surface area contributed by atoms with Gasteiger partial charge in [0.1, 0.15) is 5.82 Å². The summed E-state index contributed by atoms with van der Waals surface area (Å²) in [6.45, 7) is 11.6. The number of urea groups is 1. The minimum absolute atomic E-state index is 0.00577. The maximum Gasteiger partial charge on any atom is 0.317 e. The number of rotatable bonds is 14. The maximum atomic E-state index is 13.3. The molecule has 0 aromatic heterocycles. The monoisotopic (exact) mass is 576 g/mol. The summed E-state index contributed by atoms with van der Waals surface area (Å²) >= 11 is 0. The Balaban J connectivity index is 1.29. The molecule has 3 aliphatic carbocycles. The third kappa shape index (κ3) is 7.45. The molecular formula is C31H49FN4O3S. The Labute approximate surface area is 241 Å². The minimum atomic E-state index is -3.64. The highest BCUT2D eigenvalue weighted by molar-refractivity contribution is 7.89. The fraction of sp³-hybridized carbons (Fsp3) is 0.710. The van der Waals surface area contributed by atoms with E-state index in [4.69, 9.17) is 0 Å². The van der Waals surface area contributed by atoms with Crippen LogP contribution in [0.1, 0.15) is 72.1 Å². The van der Waals surface area contributed by atoms with E-state index in [2.05, 4.69) is 37.1 Å². The van der Waals surface area contributed by atoms with Gasteiger partial charge in [-0.15, -0.1) is 0 Å². The molecule has 2 unspecified atom stereocenters. The first-order valence-corrected chi connectivity index (χ1v) is 16.8. The number of hydrogen-bond acceptors (Lipinski definition) is 4. The number of allylic oxidation sites excluding steroid dienone is 1. The first-order valence-electron chi connectivity index (χ1n) is 15.3. The molecule has 0 spiro atoms. The lowest BCUT2D eigenvalue weighted by Crippen LogP contribution is -2.53. The minimum Gasteiger partial charge on any atom is -0.338 e. The van der Waals surface area contributed by atoms with Crippen LogP contribution in [-0.2, 0) is 10.0 Å². The summed E-state index contributed by atoms with van der Waals surface area (Å²) in [6, 6.07) is 5.02. The lowest BCUT2D eigenvalue weighted by Gasteiger charge is -2.57. The van der Waals surface area contributed by atoms with Crippen molar-refractivity contribution in [3.63, 3.8) is 0 Å². The Morgan fingerprint density at radius 3 is 2.38 bits per heavy atom. The van der Waals surface area contributed by atoms with Gasteiger partial charge in [0, 0.05) is 52.4 Å². The maximum absolute atomic E-state index is 13.3. The zero-order valence-corrected chi connectivity index (χ0v) is 25.5. The van der Waals surface area contributed by atoms with E-state index in [9.17, 15) is 17.6 Å². The summed E-state index contributed by atoms with van der Waals surface area (Å²) in [5.41, 5.74) is 1.72. The second-order valence-corrected chi connectivity index (χ2v) is 14.4. The van der Waals surface area contributed by atoms with E-state index >= 15 is 0 Å². The summed E-state index contributed by atoms with van der Waals surface area (Å²) in [4.78, 5) is 17.7. The predicted octanol–water partition coefficient (Wildman–Crippen LogP) is 5.50. The van der Waals surface area contributed by atoms with Gasteiger partial charge in [0.2, 0.25) is 10.0 Å². The topological polar surface area (TPSA) is 73.0 Å². The van der Waals surface area contributed by atoms with Crippen LogP contribution in [0.15, 0.2) is 40.8 Å². The van der Waals surface area contributed by atoms with Crippen molar-refractivity contribution < 1.29 is 17.6 Å². The Kier molecular flexibility index (Phi) is 10.7. The number of benzene rings is 1. The van der Waals surface area contributed by atoms with Crippen molar-refractivity contribution in [2.24, 2.45) is 17.3 Å². The number of nitrogens with one attached hydrogen (secondary N) is 1. The van der Waals surface area contributed by atoms with E-state index in [1.54, 1.807) is 0 Å². The van der Waals surface area contributed by atoms with Crippen LogP contribution in [0.5, 0.6) is 0 Å². The van der Waals surface area contributed by atoms with Gasteiger partial charge in [-0.05, 0) is 60.8 Å². The molecule has 1 aromatic rings. The Morgan fingerprint density at radius 1 is 1.05 bits per heavy atom. The Hall–Kier alpha value is -1.97. The van der Waals surface area contributed by atoms with E-state index < -0.39 is 15.8 Å². The predicted molar refractivity (Wildman–Crippen MR) is 158 cm³/mol. The molecule has 7 nitrogen and oxygen atoms in total. The molecule has 2 bridgehead atoms. The molecule has 2 atom stereocenters. The van der Waals surface area contributed by atoms with Crippen LogP contribution in [0.4, 0.5) is 9.18 Å². The molecular weight excluding hydrogens is 527 g/mol. The number of halogens is 1. The number of carbonyl (C=O) groups is 1. The van der Waals surface area contributed by atoms with E-state index in [1.165, 1.54) is 66.2 Å². The van der Waals surface area contributed by atoms with Crippen molar-refractivity contribution >= 4 is 16.1 Å². The quantitative estimate of drug-likeness (QED) is 0.235. The summed E-state index contributed by atoms with van der Waals surface area (Å²) in [5.74, 6) is 0.869. The molecule has 1 heterocycles. The van der Waals surface area contributed by atoms with Gasteiger partial charge in [-0.1, -0.05) is 64.5 Å². The average molecular weight is 577 g/mol. The fourth-order valence-electron chi connectivity index (χ4n) is 6.55. The van der Waals surface area contributed by atoms with Crippen molar-refractivity contribution in [2.45, 2.75) is 77.0 Å². The molecule has 1 saturated heterocycles. The fourth-order valence-corrected chi connectivity index (χ4v) is 7.97. The van der Waals surface area contributed by atoms with Gasteiger partial charge < -0.3 is 10.2 Å². The largest absolute Gasteiger partial charge is 0.338 e. The van der Waals surface area contributed by atoms with E-state index in [0.29, 0.717) is 63.7 Å². The van der Waals surface area contributed by atoms with Crippen molar-refractivity contribution in [2.75, 3.05) is 52.4 Å². The van der Waals surface area contributed by atoms with Crippen LogP contribution in [0.25, 0.3) is 0 Å². The summed E-state index contributed by atoms with van der Waals surface area (Å²) in [6.07, 6.45) is 11.9. The van der Waals surface area contributed by atoms with Crippen molar-refractivity contribution in [1.82, 2.24) is 19.4 Å². The SMILES string of the molecule is CCCCCCCCNC(=O)N(CCN1CCN(S(=O)(=O)c2ccc(F)cc2)CC1)CC1=CCC2CC1C2(C)C. The van der Waals surface area contributed by atoms with E-state index in [1.807, 2.05) is 4.90 Å². The first-order chi connectivity index (χ1) is 19.1. The van der Waals surface area contributed by atoms with Crippen LogP contribution in [0.3, 0.4) is 0 Å². The van der Waals surface area contributed by atoms with Gasteiger partial charge in [0.15, 0.2) is 0 Å². The number of amides is 2. The molecule has 1 N–H and O–H groups in total. The summed E-state index contributed by atoms with van der Waals surface area (Å²) in [7, 11) is -3.64. The molecule has 224 valence electrons. The van der Waals surface area contributed by atoms with Crippen molar-refractivity contribution in [3.8, 4) is 0 Å². The zero-order valence-electron chi connectivity index (χ0n) is 24.7. The Morgan fingerprint density at radius 2 is 1.73 bits per heavy atom. The van der Waals surface area contributed by atoms with E-state index in [0.717, 1.165) is 25.2 Å². The lowest BCUT2D eigenvalue weighted by molar-refractivity contribution is -0.00981. The third-order valence-corrected chi connectivity index (χ3v) is 11.4. The molecule has 1 saturated carbocycles. The molecule has 2 fully saturated rings. The van der Waals surface area contributed by atoms with E-state index in [-0.39, 0.29) is 10.9 Å². The molecule has 40 heavy (non-hydrogen) atoms. The van der Waals surface area contributed by atoms with Gasteiger partial charge in [-0.2, -0.15) is 4.31 Å². The second-order valence-electron chi connectivity index (χ2n) is 12.4. The van der Waals surface area contributed by atoms with Gasteiger partial charge >= 0.3 is 6.03 Å². The number of nitrogens with zero attached hydrogens (tertiary/aromatic N) is 3. The highest BCUT2D eigenvalue weighted by Crippen LogP contribution is 2.59.